The first kappa shape index (κ1) is 16.6. The second kappa shape index (κ2) is 6.56. The number of benzene rings is 2. The van der Waals surface area contributed by atoms with Crippen LogP contribution >= 0.6 is 0 Å². The van der Waals surface area contributed by atoms with Crippen molar-refractivity contribution >= 4 is 9.84 Å². The van der Waals surface area contributed by atoms with Gasteiger partial charge in [0.05, 0.1) is 17.3 Å². The van der Waals surface area contributed by atoms with Crippen molar-refractivity contribution in [2.45, 2.75) is 10.5 Å². The molecule has 118 valence electrons. The zero-order chi connectivity index (χ0) is 16.2. The third kappa shape index (κ3) is 3.35. The number of hydrogen-bond donors (Lipinski definition) is 1. The van der Waals surface area contributed by atoms with Crippen LogP contribution in [0.4, 0.5) is 4.39 Å². The predicted molar refractivity (Wildman–Crippen MR) is 80.7 cm³/mol. The van der Waals surface area contributed by atoms with Crippen LogP contribution in [0.5, 0.6) is 0 Å². The molecule has 1 N–H and O–H groups in total. The Morgan fingerprint density at radius 2 is 1.68 bits per heavy atom. The Labute approximate surface area is 129 Å². The van der Waals surface area contributed by atoms with Gasteiger partial charge in [-0.3, -0.25) is 0 Å². The van der Waals surface area contributed by atoms with E-state index in [9.17, 15) is 17.9 Å². The smallest absolute Gasteiger partial charge is 0.181 e. The molecule has 0 spiro atoms. The van der Waals surface area contributed by atoms with Crippen molar-refractivity contribution in [3.8, 4) is 0 Å². The van der Waals surface area contributed by atoms with Crippen LogP contribution in [0, 0.1) is 5.82 Å². The second-order valence-corrected chi connectivity index (χ2v) is 6.93. The summed E-state index contributed by atoms with van der Waals surface area (Å²) in [6, 6.07) is 13.2. The molecule has 0 saturated heterocycles. The minimum atomic E-state index is -3.76. The number of hydrogen-bond acceptors (Lipinski definition) is 4. The van der Waals surface area contributed by atoms with Gasteiger partial charge in [-0.05, 0) is 29.8 Å². The van der Waals surface area contributed by atoms with Gasteiger partial charge >= 0.3 is 0 Å². The predicted octanol–water partition coefficient (Wildman–Crippen LogP) is 2.13. The van der Waals surface area contributed by atoms with Crippen LogP contribution in [0.15, 0.2) is 59.5 Å². The molecule has 2 aromatic rings. The summed E-state index contributed by atoms with van der Waals surface area (Å²) in [7, 11) is -2.41. The Hall–Kier alpha value is -1.76. The van der Waals surface area contributed by atoms with Crippen molar-refractivity contribution < 1.29 is 22.7 Å². The fraction of sp³-hybridized carbons (Fsp3) is 0.250. The summed E-state index contributed by atoms with van der Waals surface area (Å²) in [5.41, 5.74) is -0.806. The number of halogens is 1. The van der Waals surface area contributed by atoms with Crippen molar-refractivity contribution in [1.82, 2.24) is 0 Å². The van der Waals surface area contributed by atoms with E-state index in [1.165, 1.54) is 19.2 Å². The van der Waals surface area contributed by atoms with Gasteiger partial charge in [-0.25, -0.2) is 12.8 Å². The number of aliphatic hydroxyl groups excluding tert-OH is 1. The van der Waals surface area contributed by atoms with Crippen LogP contribution in [-0.4, -0.2) is 33.0 Å². The van der Waals surface area contributed by atoms with Crippen LogP contribution in [0.1, 0.15) is 5.56 Å². The minimum Gasteiger partial charge on any atom is -0.393 e. The van der Waals surface area contributed by atoms with Crippen molar-refractivity contribution in [2.24, 2.45) is 0 Å². The largest absolute Gasteiger partial charge is 0.393 e. The Morgan fingerprint density at radius 1 is 1.09 bits per heavy atom. The fourth-order valence-electron chi connectivity index (χ4n) is 2.24. The topological polar surface area (TPSA) is 63.6 Å². The molecular formula is C16H17FO4S. The first-order valence-corrected chi connectivity index (χ1v) is 8.29. The van der Waals surface area contributed by atoms with Crippen molar-refractivity contribution in [2.75, 3.05) is 19.5 Å². The van der Waals surface area contributed by atoms with E-state index >= 15 is 0 Å². The molecule has 0 amide bonds. The average molecular weight is 324 g/mol. The number of sulfone groups is 1. The highest BCUT2D eigenvalue weighted by molar-refractivity contribution is 7.91. The molecule has 0 aliphatic rings. The summed E-state index contributed by atoms with van der Waals surface area (Å²) >= 11 is 0. The lowest BCUT2D eigenvalue weighted by atomic mass is 9.97. The number of ether oxygens (including phenoxy) is 1. The second-order valence-electron chi connectivity index (χ2n) is 4.94. The Bertz CT molecular complexity index is 708. The number of aliphatic hydroxyl groups is 1. The molecule has 0 aliphatic heterocycles. The fourth-order valence-corrected chi connectivity index (χ4v) is 3.94. The summed E-state index contributed by atoms with van der Waals surface area (Å²) in [5.74, 6) is -0.954. The third-order valence-corrected chi connectivity index (χ3v) is 5.38. The number of rotatable bonds is 6. The molecule has 0 fully saturated rings. The molecule has 0 bridgehead atoms. The van der Waals surface area contributed by atoms with Crippen LogP contribution in [0.2, 0.25) is 0 Å². The van der Waals surface area contributed by atoms with Gasteiger partial charge in [0.25, 0.3) is 0 Å². The summed E-state index contributed by atoms with van der Waals surface area (Å²) in [6.07, 6.45) is 0. The normalized spacial score (nSPS) is 14.5. The molecule has 2 aromatic carbocycles. The van der Waals surface area contributed by atoms with Gasteiger partial charge in [-0.2, -0.15) is 0 Å². The van der Waals surface area contributed by atoms with Crippen molar-refractivity contribution in [3.05, 3.63) is 66.0 Å². The molecule has 0 aliphatic carbocycles. The van der Waals surface area contributed by atoms with Crippen LogP contribution < -0.4 is 0 Å². The van der Waals surface area contributed by atoms with E-state index in [2.05, 4.69) is 0 Å². The lowest BCUT2D eigenvalue weighted by Crippen LogP contribution is -2.40. The van der Waals surface area contributed by atoms with E-state index in [-0.39, 0.29) is 4.90 Å². The van der Waals surface area contributed by atoms with Crippen molar-refractivity contribution in [1.29, 1.82) is 0 Å². The Kier molecular flexibility index (Phi) is 4.95. The quantitative estimate of drug-likeness (QED) is 0.827. The van der Waals surface area contributed by atoms with Crippen molar-refractivity contribution in [3.63, 3.8) is 0 Å². The maximum atomic E-state index is 13.0. The monoisotopic (exact) mass is 324 g/mol. The summed E-state index contributed by atoms with van der Waals surface area (Å²) in [6.45, 7) is -0.492. The number of methoxy groups -OCH3 is 1. The summed E-state index contributed by atoms with van der Waals surface area (Å²) < 4.78 is 43.4. The Balaban J connectivity index is 2.41. The molecule has 0 aromatic heterocycles. The molecule has 0 saturated carbocycles. The molecule has 1 unspecified atom stereocenters. The van der Waals surface area contributed by atoms with E-state index in [1.807, 2.05) is 0 Å². The molecule has 0 heterocycles. The zero-order valence-electron chi connectivity index (χ0n) is 12.1. The van der Waals surface area contributed by atoms with E-state index in [0.717, 1.165) is 12.1 Å². The molecule has 4 nitrogen and oxygen atoms in total. The van der Waals surface area contributed by atoms with Crippen LogP contribution in [0.25, 0.3) is 0 Å². The first-order valence-electron chi connectivity index (χ1n) is 6.63. The van der Waals surface area contributed by atoms with Gasteiger partial charge in [-0.1, -0.05) is 30.3 Å². The van der Waals surface area contributed by atoms with E-state index in [1.54, 1.807) is 30.3 Å². The Morgan fingerprint density at radius 3 is 2.18 bits per heavy atom. The molecule has 1 atom stereocenters. The highest BCUT2D eigenvalue weighted by Gasteiger charge is 2.37. The molecule has 22 heavy (non-hydrogen) atoms. The first-order chi connectivity index (χ1) is 10.4. The van der Waals surface area contributed by atoms with Gasteiger partial charge in [-0.15, -0.1) is 0 Å². The standard InChI is InChI=1S/C16H17FO4S/c1-21-16(11-18,13-5-3-2-4-6-13)12-22(19,20)15-9-7-14(17)8-10-15/h2-10,18H,11-12H2,1H3. The minimum absolute atomic E-state index is 0.0142. The van der Waals surface area contributed by atoms with E-state index < -0.39 is 33.6 Å². The molecular weight excluding hydrogens is 307 g/mol. The van der Waals surface area contributed by atoms with Gasteiger partial charge in [0.2, 0.25) is 0 Å². The van der Waals surface area contributed by atoms with Gasteiger partial charge in [0, 0.05) is 7.11 Å². The zero-order valence-corrected chi connectivity index (χ0v) is 12.9. The van der Waals surface area contributed by atoms with E-state index in [0.29, 0.717) is 5.56 Å². The lowest BCUT2D eigenvalue weighted by molar-refractivity contribution is -0.0393. The van der Waals surface area contributed by atoms with Gasteiger partial charge < -0.3 is 9.84 Å². The third-order valence-electron chi connectivity index (χ3n) is 3.54. The van der Waals surface area contributed by atoms with Crippen LogP contribution in [-0.2, 0) is 20.2 Å². The average Bonchev–Trinajstić information content (AvgIpc) is 2.54. The summed E-state index contributed by atoms with van der Waals surface area (Å²) in [4.78, 5) is -0.0142. The molecule has 0 radical (unpaired) electrons. The molecule has 2 rings (SSSR count). The highest BCUT2D eigenvalue weighted by atomic mass is 32.2. The van der Waals surface area contributed by atoms with Gasteiger partial charge in [0.1, 0.15) is 11.4 Å². The SMILES string of the molecule is COC(CO)(CS(=O)(=O)c1ccc(F)cc1)c1ccccc1. The van der Waals surface area contributed by atoms with Gasteiger partial charge in [0.15, 0.2) is 9.84 Å². The maximum absolute atomic E-state index is 13.0. The summed E-state index contributed by atoms with van der Waals surface area (Å²) in [5, 5.41) is 9.73. The lowest BCUT2D eigenvalue weighted by Gasteiger charge is -2.30. The van der Waals surface area contributed by atoms with Crippen LogP contribution in [0.3, 0.4) is 0 Å². The van der Waals surface area contributed by atoms with E-state index in [4.69, 9.17) is 4.74 Å². The maximum Gasteiger partial charge on any atom is 0.181 e. The highest BCUT2D eigenvalue weighted by Crippen LogP contribution is 2.29. The molecule has 6 heteroatoms.